The van der Waals surface area contributed by atoms with Gasteiger partial charge in [0.05, 0.1) is 37.5 Å². The molecule has 2 saturated heterocycles. The largest absolute Gasteiger partial charge is 0.464 e. The number of likely N-dealkylation sites (tertiary alicyclic amines) is 1. The van der Waals surface area contributed by atoms with Crippen LogP contribution in [0.2, 0.25) is 0 Å². The van der Waals surface area contributed by atoms with Crippen LogP contribution in [0.5, 0.6) is 0 Å². The third-order valence-corrected chi connectivity index (χ3v) is 4.48. The highest BCUT2D eigenvalue weighted by atomic mass is 19.1. The van der Waals surface area contributed by atoms with Crippen LogP contribution < -0.4 is 0 Å². The summed E-state index contributed by atoms with van der Waals surface area (Å²) in [4.78, 5) is 30.1. The molecule has 7 nitrogen and oxygen atoms in total. The lowest BCUT2D eigenvalue weighted by molar-refractivity contribution is -0.196. The summed E-state index contributed by atoms with van der Waals surface area (Å²) in [6.07, 6.45) is 0. The molecule has 0 unspecified atom stereocenters. The summed E-state index contributed by atoms with van der Waals surface area (Å²) in [6, 6.07) is 0. The van der Waals surface area contributed by atoms with Crippen molar-refractivity contribution in [1.82, 2.24) is 9.88 Å². The molecule has 0 N–H and O–H groups in total. The molecule has 1 aromatic heterocycles. The van der Waals surface area contributed by atoms with E-state index in [4.69, 9.17) is 13.9 Å². The highest BCUT2D eigenvalue weighted by molar-refractivity contribution is 5.94. The van der Waals surface area contributed by atoms with Gasteiger partial charge < -0.3 is 18.8 Å². The highest BCUT2D eigenvalue weighted by Crippen LogP contribution is 2.48. The van der Waals surface area contributed by atoms with Crippen molar-refractivity contribution in [2.75, 3.05) is 32.9 Å². The van der Waals surface area contributed by atoms with E-state index < -0.39 is 23.0 Å². The SMILES string of the molecule is CCOC(=O)[C@]1(F)CN(C(=O)c2oc(C)nc2C)CC12COC2. The van der Waals surface area contributed by atoms with Gasteiger partial charge in [0.15, 0.2) is 5.89 Å². The lowest BCUT2D eigenvalue weighted by Crippen LogP contribution is -2.61. The van der Waals surface area contributed by atoms with Crippen LogP contribution in [0.25, 0.3) is 0 Å². The molecular formula is C15H19FN2O5. The zero-order valence-corrected chi connectivity index (χ0v) is 13.3. The predicted octanol–water partition coefficient (Wildman–Crippen LogP) is 1.04. The molecule has 1 spiro atoms. The molecule has 2 aliphatic rings. The van der Waals surface area contributed by atoms with Crippen molar-refractivity contribution in [3.05, 3.63) is 17.3 Å². The first kappa shape index (κ1) is 15.9. The van der Waals surface area contributed by atoms with E-state index >= 15 is 4.39 Å². The molecule has 2 aliphatic heterocycles. The summed E-state index contributed by atoms with van der Waals surface area (Å²) < 4.78 is 30.7. The third kappa shape index (κ3) is 2.23. The summed E-state index contributed by atoms with van der Waals surface area (Å²) >= 11 is 0. The standard InChI is InChI=1S/C15H19FN2O5/c1-4-22-13(20)15(16)6-18(5-14(15)7-21-8-14)12(19)11-9(2)17-10(3)23-11/h4-8H2,1-3H3/t15-/m1/s1. The van der Waals surface area contributed by atoms with Crippen molar-refractivity contribution < 1.29 is 27.9 Å². The lowest BCUT2D eigenvalue weighted by atomic mass is 9.74. The van der Waals surface area contributed by atoms with Crippen LogP contribution in [0.4, 0.5) is 4.39 Å². The Balaban J connectivity index is 1.88. The number of halogens is 1. The Kier molecular flexibility index (Phi) is 3.66. The number of ether oxygens (including phenoxy) is 2. The van der Waals surface area contributed by atoms with Crippen LogP contribution in [-0.4, -0.2) is 60.3 Å². The number of carbonyl (C=O) groups is 2. The molecule has 1 amide bonds. The number of esters is 1. The maximum absolute atomic E-state index is 15.4. The minimum atomic E-state index is -2.26. The Morgan fingerprint density at radius 2 is 2.04 bits per heavy atom. The molecule has 0 aliphatic carbocycles. The van der Waals surface area contributed by atoms with Gasteiger partial charge in [-0.25, -0.2) is 14.2 Å². The second kappa shape index (κ2) is 5.30. The zero-order valence-electron chi connectivity index (χ0n) is 13.3. The summed E-state index contributed by atoms with van der Waals surface area (Å²) in [7, 11) is 0. The molecule has 0 bridgehead atoms. The molecule has 126 valence electrons. The number of nitrogens with zero attached hydrogens (tertiary/aromatic N) is 2. The van der Waals surface area contributed by atoms with Gasteiger partial charge in [-0.05, 0) is 13.8 Å². The fraction of sp³-hybridized carbons (Fsp3) is 0.667. The molecule has 1 aromatic rings. The topological polar surface area (TPSA) is 81.9 Å². The van der Waals surface area contributed by atoms with E-state index in [2.05, 4.69) is 4.98 Å². The van der Waals surface area contributed by atoms with Crippen molar-refractivity contribution in [3.63, 3.8) is 0 Å². The average Bonchev–Trinajstić information content (AvgIpc) is 2.96. The van der Waals surface area contributed by atoms with Crippen molar-refractivity contribution in [2.45, 2.75) is 26.4 Å². The van der Waals surface area contributed by atoms with E-state index in [1.54, 1.807) is 20.8 Å². The van der Waals surface area contributed by atoms with Crippen LogP contribution in [0.1, 0.15) is 29.1 Å². The van der Waals surface area contributed by atoms with Gasteiger partial charge in [-0.3, -0.25) is 4.79 Å². The first-order valence-corrected chi connectivity index (χ1v) is 7.50. The smallest absolute Gasteiger partial charge is 0.346 e. The van der Waals surface area contributed by atoms with Crippen molar-refractivity contribution in [2.24, 2.45) is 5.41 Å². The second-order valence-electron chi connectivity index (χ2n) is 6.10. The fourth-order valence-corrected chi connectivity index (χ4v) is 3.19. The number of aryl methyl sites for hydroxylation is 2. The van der Waals surface area contributed by atoms with Crippen LogP contribution in [-0.2, 0) is 14.3 Å². The summed E-state index contributed by atoms with van der Waals surface area (Å²) in [5.41, 5.74) is -2.86. The van der Waals surface area contributed by atoms with Crippen LogP contribution in [0, 0.1) is 19.3 Å². The van der Waals surface area contributed by atoms with E-state index in [1.807, 2.05) is 0 Å². The summed E-state index contributed by atoms with van der Waals surface area (Å²) in [6.45, 7) is 4.86. The maximum Gasteiger partial charge on any atom is 0.346 e. The van der Waals surface area contributed by atoms with Gasteiger partial charge >= 0.3 is 5.97 Å². The Hall–Kier alpha value is -1.96. The molecule has 3 heterocycles. The fourth-order valence-electron chi connectivity index (χ4n) is 3.19. The van der Waals surface area contributed by atoms with Crippen molar-refractivity contribution in [3.8, 4) is 0 Å². The number of aromatic nitrogens is 1. The summed E-state index contributed by atoms with van der Waals surface area (Å²) in [5, 5.41) is 0. The minimum absolute atomic E-state index is 0.0750. The van der Waals surface area contributed by atoms with Gasteiger partial charge in [0.1, 0.15) is 0 Å². The summed E-state index contributed by atoms with van der Waals surface area (Å²) in [5.74, 6) is -0.975. The predicted molar refractivity (Wildman–Crippen MR) is 75.6 cm³/mol. The Bertz CT molecular complexity index is 654. The number of hydrogen-bond donors (Lipinski definition) is 0. The van der Waals surface area contributed by atoms with E-state index in [0.29, 0.717) is 11.6 Å². The quantitative estimate of drug-likeness (QED) is 0.772. The zero-order chi connectivity index (χ0) is 16.8. The van der Waals surface area contributed by atoms with E-state index in [1.165, 1.54) is 4.90 Å². The van der Waals surface area contributed by atoms with Crippen LogP contribution in [0.15, 0.2) is 4.42 Å². The third-order valence-electron chi connectivity index (χ3n) is 4.48. The normalized spacial score (nSPS) is 25.5. The van der Waals surface area contributed by atoms with E-state index in [0.717, 1.165) is 0 Å². The average molecular weight is 326 g/mol. The molecule has 1 atom stereocenters. The van der Waals surface area contributed by atoms with Crippen LogP contribution >= 0.6 is 0 Å². The number of rotatable bonds is 3. The van der Waals surface area contributed by atoms with E-state index in [9.17, 15) is 9.59 Å². The molecule has 23 heavy (non-hydrogen) atoms. The molecular weight excluding hydrogens is 307 g/mol. The molecule has 0 saturated carbocycles. The van der Waals surface area contributed by atoms with Gasteiger partial charge in [0, 0.05) is 13.5 Å². The Morgan fingerprint density at radius 3 is 2.52 bits per heavy atom. The number of alkyl halides is 1. The Morgan fingerprint density at radius 1 is 1.35 bits per heavy atom. The first-order valence-electron chi connectivity index (χ1n) is 7.50. The minimum Gasteiger partial charge on any atom is -0.464 e. The molecule has 2 fully saturated rings. The van der Waals surface area contributed by atoms with Gasteiger partial charge in [0.25, 0.3) is 5.91 Å². The molecule has 8 heteroatoms. The molecule has 0 aromatic carbocycles. The number of amides is 1. The number of oxazole rings is 1. The van der Waals surface area contributed by atoms with Crippen molar-refractivity contribution in [1.29, 1.82) is 0 Å². The molecule has 0 radical (unpaired) electrons. The first-order chi connectivity index (χ1) is 10.8. The van der Waals surface area contributed by atoms with Gasteiger partial charge in [-0.1, -0.05) is 0 Å². The second-order valence-corrected chi connectivity index (χ2v) is 6.10. The lowest BCUT2D eigenvalue weighted by Gasteiger charge is -2.43. The van der Waals surface area contributed by atoms with Gasteiger partial charge in [-0.2, -0.15) is 0 Å². The van der Waals surface area contributed by atoms with Crippen LogP contribution in [0.3, 0.4) is 0 Å². The Labute approximate surface area is 132 Å². The molecule has 3 rings (SSSR count). The van der Waals surface area contributed by atoms with Gasteiger partial charge in [-0.15, -0.1) is 0 Å². The van der Waals surface area contributed by atoms with E-state index in [-0.39, 0.29) is 38.7 Å². The highest BCUT2D eigenvalue weighted by Gasteiger charge is 2.69. The number of carbonyl (C=O) groups excluding carboxylic acids is 2. The maximum atomic E-state index is 15.4. The van der Waals surface area contributed by atoms with Gasteiger partial charge in [0.2, 0.25) is 11.4 Å². The monoisotopic (exact) mass is 326 g/mol. The van der Waals surface area contributed by atoms with Crippen molar-refractivity contribution >= 4 is 11.9 Å². The number of hydrogen-bond acceptors (Lipinski definition) is 6.